The molecule has 0 amide bonds. The van der Waals surface area contributed by atoms with Crippen molar-refractivity contribution < 1.29 is 14.7 Å². The predicted molar refractivity (Wildman–Crippen MR) is 140 cm³/mol. The highest BCUT2D eigenvalue weighted by molar-refractivity contribution is 7.16. The summed E-state index contributed by atoms with van der Waals surface area (Å²) in [6.07, 6.45) is 3.70. The van der Waals surface area contributed by atoms with Crippen molar-refractivity contribution in [1.29, 1.82) is 0 Å². The average molecular weight is 503 g/mol. The number of rotatable bonds is 13. The Morgan fingerprint density at radius 2 is 1.59 bits per heavy atom. The summed E-state index contributed by atoms with van der Waals surface area (Å²) in [5.74, 6) is 2.28. The van der Waals surface area contributed by atoms with Crippen molar-refractivity contribution in [1.82, 2.24) is 4.98 Å². The summed E-state index contributed by atoms with van der Waals surface area (Å²) in [4.78, 5) is 8.01. The van der Waals surface area contributed by atoms with Gasteiger partial charge < -0.3 is 25.3 Å². The number of oxime groups is 1. The van der Waals surface area contributed by atoms with Gasteiger partial charge in [-0.1, -0.05) is 5.16 Å². The summed E-state index contributed by atoms with van der Waals surface area (Å²) in [5.41, 5.74) is 8.29. The first-order valence-electron chi connectivity index (χ1n) is 11.2. The van der Waals surface area contributed by atoms with E-state index in [2.05, 4.69) is 17.3 Å². The minimum atomic E-state index is 0.0823. The molecule has 0 saturated heterocycles. The van der Waals surface area contributed by atoms with E-state index in [1.54, 1.807) is 23.5 Å². The molecule has 1 heterocycles. The second-order valence-electron chi connectivity index (χ2n) is 7.89. The van der Waals surface area contributed by atoms with Crippen LogP contribution in [0.1, 0.15) is 29.7 Å². The number of hydrogen-bond donors (Lipinski definition) is 2. The maximum absolute atomic E-state index is 8.69. The van der Waals surface area contributed by atoms with E-state index < -0.39 is 0 Å². The summed E-state index contributed by atoms with van der Waals surface area (Å²) in [7, 11) is 4.00. The number of halogens is 1. The highest BCUT2D eigenvalue weighted by Crippen LogP contribution is 2.33. The minimum absolute atomic E-state index is 0.0823. The molecule has 34 heavy (non-hydrogen) atoms. The third kappa shape index (κ3) is 7.27. The lowest BCUT2D eigenvalue weighted by molar-refractivity contribution is 0.279. The fourth-order valence-electron chi connectivity index (χ4n) is 3.26. The smallest absolute Gasteiger partial charge is 0.185 e. The first-order chi connectivity index (χ1) is 16.5. The Bertz CT molecular complexity index is 1050. The molecular weight excluding hydrogens is 472 g/mol. The standard InChI is InChI=1S/C25H31ClN4O3S/c1-30(2)25-28-23(22(34-25)14-15-26)18-6-10-20(11-7-18)32-16-4-3-5-17-33-21-12-8-19(9-13-21)24(27)29-31/h6-13,31H,3-5,14-17H2,1-2H3,(H2,27,29). The lowest BCUT2D eigenvalue weighted by atomic mass is 10.1. The summed E-state index contributed by atoms with van der Waals surface area (Å²) in [6, 6.07) is 15.2. The Labute approximate surface area is 209 Å². The van der Waals surface area contributed by atoms with Crippen LogP contribution in [-0.4, -0.2) is 49.2 Å². The number of hydrogen-bond acceptors (Lipinski definition) is 7. The number of ether oxygens (including phenoxy) is 2. The molecule has 0 fully saturated rings. The molecule has 0 radical (unpaired) electrons. The molecule has 0 atom stereocenters. The number of alkyl halides is 1. The van der Waals surface area contributed by atoms with Gasteiger partial charge in [-0.3, -0.25) is 0 Å². The molecule has 0 spiro atoms. The van der Waals surface area contributed by atoms with Crippen molar-refractivity contribution >= 4 is 33.9 Å². The molecule has 3 aromatic rings. The Morgan fingerprint density at radius 3 is 2.12 bits per heavy atom. The largest absolute Gasteiger partial charge is 0.494 e. The maximum Gasteiger partial charge on any atom is 0.185 e. The summed E-state index contributed by atoms with van der Waals surface area (Å²) in [5, 5.41) is 12.7. The quantitative estimate of drug-likeness (QED) is 0.0813. The number of amidine groups is 1. The number of anilines is 1. The van der Waals surface area contributed by atoms with Crippen molar-refractivity contribution in [3.8, 4) is 22.8 Å². The van der Waals surface area contributed by atoms with Crippen LogP contribution >= 0.6 is 22.9 Å². The first kappa shape index (κ1) is 25.6. The summed E-state index contributed by atoms with van der Waals surface area (Å²) < 4.78 is 11.6. The van der Waals surface area contributed by atoms with Gasteiger partial charge in [0.15, 0.2) is 11.0 Å². The van der Waals surface area contributed by atoms with Crippen LogP contribution in [0.2, 0.25) is 0 Å². The van der Waals surface area contributed by atoms with Crippen LogP contribution in [0.15, 0.2) is 53.7 Å². The first-order valence-corrected chi connectivity index (χ1v) is 12.5. The van der Waals surface area contributed by atoms with Gasteiger partial charge in [0, 0.05) is 36.0 Å². The molecule has 3 N–H and O–H groups in total. The summed E-state index contributed by atoms with van der Waals surface area (Å²) in [6.45, 7) is 1.29. The number of benzene rings is 2. The zero-order chi connectivity index (χ0) is 24.3. The van der Waals surface area contributed by atoms with Crippen molar-refractivity contribution in [2.75, 3.05) is 38.1 Å². The van der Waals surface area contributed by atoms with Crippen molar-refractivity contribution in [2.24, 2.45) is 10.9 Å². The molecule has 0 saturated carbocycles. The molecule has 3 rings (SSSR count). The van der Waals surface area contributed by atoms with Crippen LogP contribution < -0.4 is 20.1 Å². The van der Waals surface area contributed by atoms with Crippen LogP contribution in [0.4, 0.5) is 5.13 Å². The van der Waals surface area contributed by atoms with Gasteiger partial charge in [-0.25, -0.2) is 4.98 Å². The van der Waals surface area contributed by atoms with E-state index in [0.717, 1.165) is 53.6 Å². The number of unbranched alkanes of at least 4 members (excludes halogenated alkanes) is 2. The zero-order valence-corrected chi connectivity index (χ0v) is 21.1. The van der Waals surface area contributed by atoms with E-state index in [9.17, 15) is 0 Å². The predicted octanol–water partition coefficient (Wildman–Crippen LogP) is 5.38. The molecular formula is C25H31ClN4O3S. The van der Waals surface area contributed by atoms with Gasteiger partial charge in [0.1, 0.15) is 11.5 Å². The molecule has 0 unspecified atom stereocenters. The fourth-order valence-corrected chi connectivity index (χ4v) is 4.57. The van der Waals surface area contributed by atoms with E-state index >= 15 is 0 Å². The lowest BCUT2D eigenvalue weighted by Gasteiger charge is -2.09. The Morgan fingerprint density at radius 1 is 1.00 bits per heavy atom. The average Bonchev–Trinajstić information content (AvgIpc) is 3.28. The van der Waals surface area contributed by atoms with Gasteiger partial charge >= 0.3 is 0 Å². The van der Waals surface area contributed by atoms with Gasteiger partial charge in [-0.15, -0.1) is 22.9 Å². The highest BCUT2D eigenvalue weighted by Gasteiger charge is 2.14. The molecule has 9 heteroatoms. The van der Waals surface area contributed by atoms with Crippen LogP contribution in [0.3, 0.4) is 0 Å². The maximum atomic E-state index is 8.69. The monoisotopic (exact) mass is 502 g/mol. The third-order valence-corrected chi connectivity index (χ3v) is 6.57. The lowest BCUT2D eigenvalue weighted by Crippen LogP contribution is -2.12. The summed E-state index contributed by atoms with van der Waals surface area (Å²) >= 11 is 7.67. The Hall–Kier alpha value is -2.97. The van der Waals surface area contributed by atoms with Gasteiger partial charge in [0.25, 0.3) is 0 Å². The van der Waals surface area contributed by atoms with Gasteiger partial charge in [0.2, 0.25) is 0 Å². The molecule has 1 aromatic heterocycles. The van der Waals surface area contributed by atoms with Crippen molar-refractivity contribution in [3.63, 3.8) is 0 Å². The van der Waals surface area contributed by atoms with Crippen molar-refractivity contribution in [3.05, 3.63) is 59.0 Å². The van der Waals surface area contributed by atoms with Gasteiger partial charge in [-0.05, 0) is 74.2 Å². The molecule has 0 aliphatic rings. The van der Waals surface area contributed by atoms with Crippen LogP contribution in [0.25, 0.3) is 11.3 Å². The molecule has 7 nitrogen and oxygen atoms in total. The zero-order valence-electron chi connectivity index (χ0n) is 19.5. The van der Waals surface area contributed by atoms with E-state index in [-0.39, 0.29) is 5.84 Å². The van der Waals surface area contributed by atoms with Crippen molar-refractivity contribution in [2.45, 2.75) is 25.7 Å². The number of nitrogens with two attached hydrogens (primary N) is 1. The Balaban J connectivity index is 1.38. The highest BCUT2D eigenvalue weighted by atomic mass is 35.5. The van der Waals surface area contributed by atoms with E-state index in [0.29, 0.717) is 24.7 Å². The van der Waals surface area contributed by atoms with Gasteiger partial charge in [-0.2, -0.15) is 0 Å². The molecule has 2 aromatic carbocycles. The van der Waals surface area contributed by atoms with Crippen LogP contribution in [0.5, 0.6) is 11.5 Å². The molecule has 0 aliphatic carbocycles. The minimum Gasteiger partial charge on any atom is -0.494 e. The second-order valence-corrected chi connectivity index (χ2v) is 9.33. The van der Waals surface area contributed by atoms with Gasteiger partial charge in [0.05, 0.1) is 18.9 Å². The molecule has 0 aliphatic heterocycles. The SMILES string of the molecule is CN(C)c1nc(-c2ccc(OCCCCCOc3ccc(/C(N)=N/O)cc3)cc2)c(CCCl)s1. The molecule has 0 bridgehead atoms. The van der Waals surface area contributed by atoms with E-state index in [1.807, 2.05) is 43.3 Å². The fraction of sp³-hybridized carbons (Fsp3) is 0.360. The normalized spacial score (nSPS) is 11.4. The number of nitrogens with zero attached hydrogens (tertiary/aromatic N) is 3. The van der Waals surface area contributed by atoms with E-state index in [4.69, 9.17) is 37.0 Å². The molecule has 182 valence electrons. The van der Waals surface area contributed by atoms with Crippen LogP contribution in [0, 0.1) is 0 Å². The number of thiazole rings is 1. The second kappa shape index (κ2) is 13.1. The third-order valence-electron chi connectivity index (χ3n) is 5.10. The number of aryl methyl sites for hydroxylation is 1. The Kier molecular flexibility index (Phi) is 9.85. The number of aromatic nitrogens is 1. The van der Waals surface area contributed by atoms with Crippen LogP contribution in [-0.2, 0) is 6.42 Å². The topological polar surface area (TPSA) is 93.2 Å². The van der Waals surface area contributed by atoms with E-state index in [1.165, 1.54) is 4.88 Å².